The summed E-state index contributed by atoms with van der Waals surface area (Å²) < 4.78 is 0. The number of carbonyl (C=O) groups is 4. The average Bonchev–Trinajstić information content (AvgIpc) is 3.09. The first-order chi connectivity index (χ1) is 13.1. The van der Waals surface area contributed by atoms with Crippen molar-refractivity contribution >= 4 is 23.7 Å². The Morgan fingerprint density at radius 1 is 1.18 bits per heavy atom. The standard InChI is InChI=1S/C17H28N6O5/c1-9(2)5-13(16(26)22-12(17(27)28)3-4-14(19)24)23-15(25)11(18)6-10-7-20-8-21-10/h7-9,11-13H,3-6,18H2,1-2H3,(H2,19,24)(H,20,21)(H,22,26)(H,23,25)(H,27,28). The number of primary amides is 1. The summed E-state index contributed by atoms with van der Waals surface area (Å²) in [5, 5.41) is 14.2. The van der Waals surface area contributed by atoms with Crippen LogP contribution in [0.15, 0.2) is 12.5 Å². The molecule has 0 spiro atoms. The van der Waals surface area contributed by atoms with E-state index in [1.807, 2.05) is 13.8 Å². The number of hydrogen-bond acceptors (Lipinski definition) is 6. The number of imidazole rings is 1. The molecule has 11 nitrogen and oxygen atoms in total. The quantitative estimate of drug-likeness (QED) is 0.251. The predicted molar refractivity (Wildman–Crippen MR) is 99.6 cm³/mol. The number of aromatic amines is 1. The molecule has 28 heavy (non-hydrogen) atoms. The van der Waals surface area contributed by atoms with E-state index in [1.54, 1.807) is 6.20 Å². The molecule has 8 N–H and O–H groups in total. The first-order valence-electron chi connectivity index (χ1n) is 8.94. The van der Waals surface area contributed by atoms with Gasteiger partial charge in [0.15, 0.2) is 0 Å². The molecule has 3 atom stereocenters. The normalized spacial score (nSPS) is 14.1. The highest BCUT2D eigenvalue weighted by atomic mass is 16.4. The van der Waals surface area contributed by atoms with Crippen LogP contribution >= 0.6 is 0 Å². The van der Waals surface area contributed by atoms with Gasteiger partial charge in [0, 0.05) is 24.7 Å². The zero-order valence-corrected chi connectivity index (χ0v) is 16.0. The zero-order valence-electron chi connectivity index (χ0n) is 16.0. The van der Waals surface area contributed by atoms with Crippen molar-refractivity contribution < 1.29 is 24.3 Å². The highest BCUT2D eigenvalue weighted by Crippen LogP contribution is 2.08. The van der Waals surface area contributed by atoms with Gasteiger partial charge in [0.25, 0.3) is 0 Å². The number of nitrogens with one attached hydrogen (secondary N) is 3. The summed E-state index contributed by atoms with van der Waals surface area (Å²) in [7, 11) is 0. The Morgan fingerprint density at radius 2 is 1.82 bits per heavy atom. The molecule has 0 saturated carbocycles. The Bertz CT molecular complexity index is 676. The third-order valence-corrected chi connectivity index (χ3v) is 3.97. The van der Waals surface area contributed by atoms with Gasteiger partial charge in [0.1, 0.15) is 12.1 Å². The molecule has 0 aliphatic carbocycles. The number of hydrogen-bond donors (Lipinski definition) is 6. The lowest BCUT2D eigenvalue weighted by molar-refractivity contribution is -0.142. The Hall–Kier alpha value is -2.95. The summed E-state index contributed by atoms with van der Waals surface area (Å²) in [4.78, 5) is 53.8. The Morgan fingerprint density at radius 3 is 2.32 bits per heavy atom. The van der Waals surface area contributed by atoms with Crippen LogP contribution in [0.3, 0.4) is 0 Å². The van der Waals surface area contributed by atoms with E-state index in [0.29, 0.717) is 5.69 Å². The highest BCUT2D eigenvalue weighted by Gasteiger charge is 2.28. The smallest absolute Gasteiger partial charge is 0.326 e. The first kappa shape index (κ1) is 23.1. The van der Waals surface area contributed by atoms with Crippen molar-refractivity contribution in [3.63, 3.8) is 0 Å². The molecule has 1 aromatic rings. The van der Waals surface area contributed by atoms with Crippen LogP contribution in [0.4, 0.5) is 0 Å². The van der Waals surface area contributed by atoms with E-state index >= 15 is 0 Å². The molecule has 0 aliphatic heterocycles. The number of aromatic nitrogens is 2. The van der Waals surface area contributed by atoms with Crippen molar-refractivity contribution in [2.24, 2.45) is 17.4 Å². The van der Waals surface area contributed by atoms with E-state index in [-0.39, 0.29) is 31.6 Å². The highest BCUT2D eigenvalue weighted by molar-refractivity contribution is 5.92. The molecule has 0 fully saturated rings. The Kier molecular flexibility index (Phi) is 9.09. The summed E-state index contributed by atoms with van der Waals surface area (Å²) in [6.07, 6.45) is 3.18. The van der Waals surface area contributed by atoms with Crippen molar-refractivity contribution in [1.29, 1.82) is 0 Å². The molecular weight excluding hydrogens is 368 g/mol. The molecule has 0 saturated heterocycles. The maximum atomic E-state index is 12.6. The first-order valence-corrected chi connectivity index (χ1v) is 8.94. The van der Waals surface area contributed by atoms with Gasteiger partial charge in [-0.1, -0.05) is 13.8 Å². The Balaban J connectivity index is 2.75. The molecule has 0 aliphatic rings. The van der Waals surface area contributed by atoms with Crippen molar-refractivity contribution in [3.8, 4) is 0 Å². The van der Waals surface area contributed by atoms with Crippen LogP contribution in [-0.2, 0) is 25.6 Å². The minimum Gasteiger partial charge on any atom is -0.480 e. The molecule has 0 radical (unpaired) electrons. The van der Waals surface area contributed by atoms with Crippen molar-refractivity contribution in [2.45, 2.75) is 57.7 Å². The van der Waals surface area contributed by atoms with E-state index in [4.69, 9.17) is 11.5 Å². The van der Waals surface area contributed by atoms with E-state index < -0.39 is 41.8 Å². The minimum atomic E-state index is -1.29. The third-order valence-electron chi connectivity index (χ3n) is 3.97. The summed E-state index contributed by atoms with van der Waals surface area (Å²) in [5.74, 6) is -3.11. The van der Waals surface area contributed by atoms with Gasteiger partial charge in [-0.3, -0.25) is 14.4 Å². The molecule has 1 heterocycles. The zero-order chi connectivity index (χ0) is 21.3. The number of amides is 3. The number of H-pyrrole nitrogens is 1. The number of carbonyl (C=O) groups excluding carboxylic acids is 3. The van der Waals surface area contributed by atoms with Gasteiger partial charge in [-0.2, -0.15) is 0 Å². The van der Waals surface area contributed by atoms with Crippen molar-refractivity contribution in [2.75, 3.05) is 0 Å². The number of aliphatic carboxylic acids is 1. The molecular formula is C17H28N6O5. The summed E-state index contributed by atoms with van der Waals surface area (Å²) in [5.41, 5.74) is 11.6. The van der Waals surface area contributed by atoms with E-state index in [1.165, 1.54) is 6.33 Å². The van der Waals surface area contributed by atoms with Crippen LogP contribution < -0.4 is 22.1 Å². The van der Waals surface area contributed by atoms with E-state index in [2.05, 4.69) is 20.6 Å². The van der Waals surface area contributed by atoms with Gasteiger partial charge in [0.05, 0.1) is 12.4 Å². The number of nitrogens with two attached hydrogens (primary N) is 2. The van der Waals surface area contributed by atoms with Crippen LogP contribution in [0, 0.1) is 5.92 Å². The summed E-state index contributed by atoms with van der Waals surface area (Å²) in [6, 6.07) is -3.16. The van der Waals surface area contributed by atoms with Gasteiger partial charge in [0.2, 0.25) is 17.7 Å². The Labute approximate surface area is 162 Å². The monoisotopic (exact) mass is 396 g/mol. The number of carboxylic acids is 1. The SMILES string of the molecule is CC(C)CC(NC(=O)C(N)Cc1cnc[nH]1)C(=O)NC(CCC(N)=O)C(=O)O. The van der Waals surface area contributed by atoms with E-state index in [9.17, 15) is 24.3 Å². The maximum Gasteiger partial charge on any atom is 0.326 e. The van der Waals surface area contributed by atoms with Crippen LogP contribution in [0.2, 0.25) is 0 Å². The molecule has 3 amide bonds. The second-order valence-electron chi connectivity index (χ2n) is 6.98. The molecule has 0 aromatic carbocycles. The second kappa shape index (κ2) is 11.0. The lowest BCUT2D eigenvalue weighted by Gasteiger charge is -2.24. The third kappa shape index (κ3) is 8.16. The predicted octanol–water partition coefficient (Wildman–Crippen LogP) is -1.35. The van der Waals surface area contributed by atoms with Crippen LogP contribution in [0.25, 0.3) is 0 Å². The summed E-state index contributed by atoms with van der Waals surface area (Å²) in [6.45, 7) is 3.72. The van der Waals surface area contributed by atoms with Crippen LogP contribution in [0.1, 0.15) is 38.8 Å². The molecule has 11 heteroatoms. The van der Waals surface area contributed by atoms with Gasteiger partial charge in [-0.15, -0.1) is 0 Å². The molecule has 0 bridgehead atoms. The summed E-state index contributed by atoms with van der Waals surface area (Å²) >= 11 is 0. The molecule has 3 unspecified atom stereocenters. The fraction of sp³-hybridized carbons (Fsp3) is 0.588. The fourth-order valence-electron chi connectivity index (χ4n) is 2.52. The van der Waals surface area contributed by atoms with Gasteiger partial charge >= 0.3 is 5.97 Å². The molecule has 156 valence electrons. The lowest BCUT2D eigenvalue weighted by Crippen LogP contribution is -2.55. The fourth-order valence-corrected chi connectivity index (χ4v) is 2.52. The number of rotatable bonds is 12. The molecule has 1 aromatic heterocycles. The van der Waals surface area contributed by atoms with E-state index in [0.717, 1.165) is 0 Å². The topological polar surface area (TPSA) is 193 Å². The molecule has 1 rings (SSSR count). The van der Waals surface area contributed by atoms with Crippen molar-refractivity contribution in [3.05, 3.63) is 18.2 Å². The number of nitrogens with zero attached hydrogens (tertiary/aromatic N) is 1. The van der Waals surface area contributed by atoms with Gasteiger partial charge in [-0.05, 0) is 18.8 Å². The van der Waals surface area contributed by atoms with Crippen LogP contribution in [0.5, 0.6) is 0 Å². The van der Waals surface area contributed by atoms with Crippen molar-refractivity contribution in [1.82, 2.24) is 20.6 Å². The van der Waals surface area contributed by atoms with Gasteiger partial charge < -0.3 is 32.2 Å². The number of carboxylic acid groups (broad SMARTS) is 1. The van der Waals surface area contributed by atoms with Crippen LogP contribution in [-0.4, -0.2) is 56.9 Å². The lowest BCUT2D eigenvalue weighted by atomic mass is 10.0. The largest absolute Gasteiger partial charge is 0.480 e. The maximum absolute atomic E-state index is 12.6. The second-order valence-corrected chi connectivity index (χ2v) is 6.98. The minimum absolute atomic E-state index is 0.0498. The average molecular weight is 396 g/mol. The van der Waals surface area contributed by atoms with Gasteiger partial charge in [-0.25, -0.2) is 9.78 Å².